The number of amides is 1. The molecule has 1 heterocycles. The average molecular weight is 573 g/mol. The maximum atomic E-state index is 13.9. The number of aromatic hydroxyl groups is 1. The maximum Gasteiger partial charge on any atom is 0.255 e. The SMILES string of the molecule is C=C[C@]12C[C@@H](C)C(C(=O)CC34CC5CC(CC(C)(OCCN6CC[C@H](NC(=O)c7ccccc7O)C6)C3)C5C4)=C[C@H]1C2. The van der Waals surface area contributed by atoms with Crippen LogP contribution in [0, 0.1) is 40.4 Å². The number of hydrogen-bond acceptors (Lipinski definition) is 5. The number of nitrogens with one attached hydrogen (secondary N) is 1. The minimum atomic E-state index is -0.216. The van der Waals surface area contributed by atoms with E-state index in [-0.39, 0.29) is 34.1 Å². The summed E-state index contributed by atoms with van der Waals surface area (Å²) in [5, 5.41) is 13.1. The fourth-order valence-corrected chi connectivity index (χ4v) is 10.3. The van der Waals surface area contributed by atoms with E-state index in [0.29, 0.717) is 36.2 Å². The van der Waals surface area contributed by atoms with Gasteiger partial charge in [-0.25, -0.2) is 0 Å². The molecule has 0 spiro atoms. The summed E-state index contributed by atoms with van der Waals surface area (Å²) in [6.45, 7) is 11.9. The Balaban J connectivity index is 0.948. The summed E-state index contributed by atoms with van der Waals surface area (Å²) in [6.07, 6.45) is 14.1. The molecule has 1 amide bonds. The van der Waals surface area contributed by atoms with E-state index in [1.165, 1.54) is 25.7 Å². The van der Waals surface area contributed by atoms with Crippen LogP contribution in [0.4, 0.5) is 0 Å². The van der Waals surface area contributed by atoms with Gasteiger partial charge in [0.1, 0.15) is 5.75 Å². The van der Waals surface area contributed by atoms with E-state index < -0.39 is 0 Å². The number of benzene rings is 1. The average Bonchev–Trinajstić information content (AvgIpc) is 3.38. The Morgan fingerprint density at radius 2 is 1.98 bits per heavy atom. The van der Waals surface area contributed by atoms with E-state index in [9.17, 15) is 14.7 Å². The molecular weight excluding hydrogens is 524 g/mol. The van der Waals surface area contributed by atoms with Gasteiger partial charge < -0.3 is 15.2 Å². The Bertz CT molecular complexity index is 1310. The molecule has 0 radical (unpaired) electrons. The van der Waals surface area contributed by atoms with Gasteiger partial charge in [0, 0.05) is 32.1 Å². The molecule has 5 unspecified atom stereocenters. The fourth-order valence-electron chi connectivity index (χ4n) is 10.3. The Morgan fingerprint density at radius 1 is 1.17 bits per heavy atom. The molecular formula is C36H48N2O4. The molecule has 6 aliphatic rings. The monoisotopic (exact) mass is 572 g/mol. The van der Waals surface area contributed by atoms with Gasteiger partial charge in [-0.1, -0.05) is 31.2 Å². The molecule has 6 nitrogen and oxygen atoms in total. The molecule has 1 aromatic carbocycles. The van der Waals surface area contributed by atoms with Gasteiger partial charge in [-0.15, -0.1) is 6.58 Å². The highest BCUT2D eigenvalue weighted by Crippen LogP contribution is 2.67. The Hall–Kier alpha value is -2.44. The molecule has 5 aliphatic carbocycles. The summed E-state index contributed by atoms with van der Waals surface area (Å²) >= 11 is 0. The highest BCUT2D eigenvalue weighted by Gasteiger charge is 2.61. The van der Waals surface area contributed by atoms with Crippen molar-refractivity contribution in [3.63, 3.8) is 0 Å². The van der Waals surface area contributed by atoms with Gasteiger partial charge >= 0.3 is 0 Å². The molecule has 7 rings (SSSR count). The van der Waals surface area contributed by atoms with Crippen LogP contribution in [0.5, 0.6) is 5.75 Å². The summed E-state index contributed by atoms with van der Waals surface area (Å²) in [5.74, 6) is 3.41. The molecule has 9 atom stereocenters. The van der Waals surface area contributed by atoms with Crippen molar-refractivity contribution in [3.8, 4) is 5.75 Å². The lowest BCUT2D eigenvalue weighted by atomic mass is 9.61. The van der Waals surface area contributed by atoms with Crippen LogP contribution < -0.4 is 5.32 Å². The van der Waals surface area contributed by atoms with Gasteiger partial charge in [-0.05, 0) is 116 Å². The third-order valence-electron chi connectivity index (χ3n) is 12.3. The van der Waals surface area contributed by atoms with Crippen LogP contribution in [-0.4, -0.2) is 59.6 Å². The molecule has 42 heavy (non-hydrogen) atoms. The number of rotatable bonds is 10. The van der Waals surface area contributed by atoms with Crippen molar-refractivity contribution in [1.82, 2.24) is 10.2 Å². The van der Waals surface area contributed by atoms with Crippen molar-refractivity contribution in [3.05, 3.63) is 54.1 Å². The van der Waals surface area contributed by atoms with Crippen LogP contribution in [0.3, 0.4) is 0 Å². The number of ketones is 1. The third kappa shape index (κ3) is 5.06. The molecule has 226 valence electrons. The van der Waals surface area contributed by atoms with E-state index in [1.807, 2.05) is 0 Å². The second kappa shape index (κ2) is 10.3. The predicted octanol–water partition coefficient (Wildman–Crippen LogP) is 5.92. The van der Waals surface area contributed by atoms with Crippen LogP contribution in [0.15, 0.2) is 48.6 Å². The van der Waals surface area contributed by atoms with Crippen molar-refractivity contribution in [2.24, 2.45) is 40.4 Å². The second-order valence-electron chi connectivity index (χ2n) is 15.4. The number of ether oxygens (including phenoxy) is 1. The number of likely N-dealkylation sites (tertiary alicyclic amines) is 1. The lowest BCUT2D eigenvalue weighted by Gasteiger charge is -2.47. The molecule has 2 bridgehead atoms. The Kier molecular flexibility index (Phi) is 6.97. The smallest absolute Gasteiger partial charge is 0.255 e. The lowest BCUT2D eigenvalue weighted by molar-refractivity contribution is -0.122. The summed E-state index contributed by atoms with van der Waals surface area (Å²) < 4.78 is 6.79. The molecule has 1 saturated heterocycles. The maximum absolute atomic E-state index is 13.9. The van der Waals surface area contributed by atoms with Crippen LogP contribution in [0.2, 0.25) is 0 Å². The Morgan fingerprint density at radius 3 is 2.79 bits per heavy atom. The molecule has 1 aliphatic heterocycles. The van der Waals surface area contributed by atoms with E-state index in [1.54, 1.807) is 24.3 Å². The normalized spacial score (nSPS) is 41.7. The van der Waals surface area contributed by atoms with Crippen molar-refractivity contribution in [2.45, 2.75) is 83.3 Å². The standard InChI is InChI=1S/C36H48N2O4/c1-4-36-15-23(2)29(14-26(36)18-36)32(40)20-35-17-25-13-24(30(25)19-35)16-34(3,22-35)42-12-11-38-10-9-27(21-38)37-33(41)28-7-5-6-8-31(28)39/h4-8,14,23-27,30,39H,1,9-13,15-22H2,2-3H3,(H,37,41)/t23-,24?,25?,26+,27+,30?,34?,35?,36-/m1/s1. The minimum absolute atomic E-state index is 0.0171. The molecule has 1 aromatic rings. The number of phenols is 1. The van der Waals surface area contributed by atoms with Gasteiger partial charge in [0.2, 0.25) is 0 Å². The van der Waals surface area contributed by atoms with Crippen LogP contribution in [-0.2, 0) is 9.53 Å². The lowest BCUT2D eigenvalue weighted by Crippen LogP contribution is -2.44. The zero-order valence-corrected chi connectivity index (χ0v) is 25.4. The molecule has 5 fully saturated rings. The number of fused-ring (bicyclic) bond motifs is 2. The largest absolute Gasteiger partial charge is 0.507 e. The summed E-state index contributed by atoms with van der Waals surface area (Å²) in [4.78, 5) is 28.9. The van der Waals surface area contributed by atoms with Crippen molar-refractivity contribution in [1.29, 1.82) is 0 Å². The van der Waals surface area contributed by atoms with E-state index in [2.05, 4.69) is 42.8 Å². The number of nitrogens with zero attached hydrogens (tertiary/aromatic N) is 1. The third-order valence-corrected chi connectivity index (χ3v) is 12.3. The van der Waals surface area contributed by atoms with Crippen LogP contribution >= 0.6 is 0 Å². The highest BCUT2D eigenvalue weighted by molar-refractivity contribution is 5.97. The first kappa shape index (κ1) is 28.3. The second-order valence-corrected chi connectivity index (χ2v) is 15.4. The summed E-state index contributed by atoms with van der Waals surface area (Å²) in [6, 6.07) is 6.77. The fraction of sp³-hybridized carbons (Fsp3) is 0.667. The number of Topliss-reactive ketones (excluding diaryl/α,β-unsaturated/α-hetero) is 1. The van der Waals surface area contributed by atoms with Crippen LogP contribution in [0.1, 0.15) is 82.0 Å². The van der Waals surface area contributed by atoms with Gasteiger partial charge in [0.25, 0.3) is 5.91 Å². The number of allylic oxidation sites excluding steroid dienone is 3. The van der Waals surface area contributed by atoms with Gasteiger partial charge in [-0.3, -0.25) is 14.5 Å². The number of hydrogen-bond donors (Lipinski definition) is 2. The summed E-state index contributed by atoms with van der Waals surface area (Å²) in [7, 11) is 0. The first-order valence-corrected chi connectivity index (χ1v) is 16.4. The van der Waals surface area contributed by atoms with Gasteiger partial charge in [0.15, 0.2) is 5.78 Å². The first-order valence-electron chi connectivity index (χ1n) is 16.4. The van der Waals surface area contributed by atoms with E-state index in [4.69, 9.17) is 4.74 Å². The quantitative estimate of drug-likeness (QED) is 0.341. The predicted molar refractivity (Wildman–Crippen MR) is 163 cm³/mol. The van der Waals surface area contributed by atoms with E-state index >= 15 is 0 Å². The highest BCUT2D eigenvalue weighted by atomic mass is 16.5. The first-order chi connectivity index (χ1) is 20.1. The van der Waals surface area contributed by atoms with Crippen molar-refractivity contribution >= 4 is 11.7 Å². The van der Waals surface area contributed by atoms with Crippen molar-refractivity contribution in [2.75, 3.05) is 26.2 Å². The number of phenolic OH excluding ortho intramolecular Hbond substituents is 1. The molecule has 2 N–H and O–H groups in total. The van der Waals surface area contributed by atoms with Gasteiger partial charge in [0.05, 0.1) is 17.8 Å². The Labute approximate surface area is 251 Å². The zero-order valence-electron chi connectivity index (χ0n) is 25.4. The molecule has 6 heteroatoms. The molecule has 0 aromatic heterocycles. The van der Waals surface area contributed by atoms with Gasteiger partial charge in [-0.2, -0.15) is 0 Å². The zero-order chi connectivity index (χ0) is 29.3. The number of carbonyl (C=O) groups is 2. The van der Waals surface area contributed by atoms with E-state index in [0.717, 1.165) is 68.6 Å². The number of para-hydroxylation sites is 1. The molecule has 4 saturated carbocycles. The van der Waals surface area contributed by atoms with Crippen LogP contribution in [0.25, 0.3) is 0 Å². The van der Waals surface area contributed by atoms with Crippen molar-refractivity contribution < 1.29 is 19.4 Å². The topological polar surface area (TPSA) is 78.9 Å². The number of carbonyl (C=O) groups excluding carboxylic acids is 2. The minimum Gasteiger partial charge on any atom is -0.507 e. The summed E-state index contributed by atoms with van der Waals surface area (Å²) in [5.41, 5.74) is 1.58.